The van der Waals surface area contributed by atoms with Crippen LogP contribution >= 0.6 is 0 Å². The van der Waals surface area contributed by atoms with Crippen molar-refractivity contribution < 1.29 is 24.0 Å². The zero-order valence-corrected chi connectivity index (χ0v) is 11.6. The van der Waals surface area contributed by atoms with E-state index in [1.54, 1.807) is 0 Å². The quantitative estimate of drug-likeness (QED) is 0.428. The van der Waals surface area contributed by atoms with Crippen molar-refractivity contribution >= 4 is 12.1 Å². The van der Waals surface area contributed by atoms with Gasteiger partial charge in [-0.2, -0.15) is 0 Å². The van der Waals surface area contributed by atoms with Gasteiger partial charge in [-0.3, -0.25) is 0 Å². The third-order valence-electron chi connectivity index (χ3n) is 2.78. The van der Waals surface area contributed by atoms with Gasteiger partial charge in [0.2, 0.25) is 6.33 Å². The largest absolute Gasteiger partial charge is 0.465 e. The van der Waals surface area contributed by atoms with Crippen LogP contribution in [0.5, 0.6) is 0 Å². The normalized spacial score (nSPS) is 10.1. The van der Waals surface area contributed by atoms with E-state index in [-0.39, 0.29) is 13.2 Å². The number of carboxylic acid groups (broad SMARTS) is 1. The lowest BCUT2D eigenvalue weighted by Crippen LogP contribution is -2.42. The summed E-state index contributed by atoms with van der Waals surface area (Å²) >= 11 is 0. The van der Waals surface area contributed by atoms with Crippen LogP contribution in [0.4, 0.5) is 4.79 Å². The minimum absolute atomic E-state index is 0.0256. The highest BCUT2D eigenvalue weighted by atomic mass is 16.5. The highest BCUT2D eigenvalue weighted by molar-refractivity contribution is 5.81. The maximum Gasteiger partial charge on any atom is 0.407 e. The molecule has 0 aliphatic rings. The number of imidazole rings is 1. The van der Waals surface area contributed by atoms with E-state index in [9.17, 15) is 9.59 Å². The lowest BCUT2D eigenvalue weighted by atomic mass is 10.5. The van der Waals surface area contributed by atoms with E-state index in [0.717, 1.165) is 12.6 Å². The number of aryl methyl sites for hydroxylation is 1. The Bertz CT molecular complexity index is 470. The molecule has 0 saturated carbocycles. The first-order chi connectivity index (χ1) is 9.56. The van der Waals surface area contributed by atoms with Gasteiger partial charge in [-0.15, -0.1) is 0 Å². The van der Waals surface area contributed by atoms with Gasteiger partial charge in [0, 0.05) is 6.08 Å². The molecular formula is C13H20N3O4+. The first kappa shape index (κ1) is 15.7. The third kappa shape index (κ3) is 5.13. The number of nitrogens with zero attached hydrogens (tertiary/aromatic N) is 3. The monoisotopic (exact) mass is 282 g/mol. The van der Waals surface area contributed by atoms with Crippen LogP contribution in [0.3, 0.4) is 0 Å². The molecule has 0 unspecified atom stereocenters. The summed E-state index contributed by atoms with van der Waals surface area (Å²) in [6.45, 7) is 7.22. The SMILES string of the molecule is C=CC(=O)OCCN(CC[n+]1ccn(CC)c1)C(=O)O. The van der Waals surface area contributed by atoms with Crippen molar-refractivity contribution in [1.82, 2.24) is 9.47 Å². The minimum atomic E-state index is -1.03. The van der Waals surface area contributed by atoms with Crippen LogP contribution in [0, 0.1) is 0 Å². The summed E-state index contributed by atoms with van der Waals surface area (Å²) in [5, 5.41) is 9.08. The van der Waals surface area contributed by atoms with Gasteiger partial charge in [-0.1, -0.05) is 6.58 Å². The molecule has 0 radical (unpaired) electrons. The summed E-state index contributed by atoms with van der Waals surface area (Å²) in [6.07, 6.45) is 5.75. The van der Waals surface area contributed by atoms with Gasteiger partial charge in [0.05, 0.1) is 19.6 Å². The molecule has 1 heterocycles. The average molecular weight is 282 g/mol. The molecule has 0 bridgehead atoms. The average Bonchev–Trinajstić information content (AvgIpc) is 2.89. The van der Waals surface area contributed by atoms with Crippen molar-refractivity contribution in [2.75, 3.05) is 19.7 Å². The predicted octanol–water partition coefficient (Wildman–Crippen LogP) is 0.505. The van der Waals surface area contributed by atoms with Crippen LogP contribution in [-0.4, -0.2) is 46.3 Å². The predicted molar refractivity (Wildman–Crippen MR) is 71.1 cm³/mol. The molecule has 0 aliphatic carbocycles. The van der Waals surface area contributed by atoms with Crippen molar-refractivity contribution in [2.24, 2.45) is 0 Å². The second-order valence-electron chi connectivity index (χ2n) is 4.12. The first-order valence-corrected chi connectivity index (χ1v) is 6.38. The Balaban J connectivity index is 2.40. The molecule has 1 rings (SSSR count). The molecule has 1 aromatic heterocycles. The molecule has 0 aromatic carbocycles. The summed E-state index contributed by atoms with van der Waals surface area (Å²) in [5.74, 6) is -0.551. The summed E-state index contributed by atoms with van der Waals surface area (Å²) < 4.78 is 8.68. The molecule has 1 aromatic rings. The van der Waals surface area contributed by atoms with Crippen molar-refractivity contribution in [3.05, 3.63) is 31.4 Å². The van der Waals surface area contributed by atoms with Crippen molar-refractivity contribution in [3.63, 3.8) is 0 Å². The number of carbonyl (C=O) groups excluding carboxylic acids is 1. The highest BCUT2D eigenvalue weighted by Gasteiger charge is 2.13. The van der Waals surface area contributed by atoms with Gasteiger partial charge < -0.3 is 14.7 Å². The lowest BCUT2D eigenvalue weighted by molar-refractivity contribution is -0.695. The number of ether oxygens (including phenoxy) is 1. The van der Waals surface area contributed by atoms with E-state index in [0.29, 0.717) is 13.1 Å². The second kappa shape index (κ2) is 7.98. The van der Waals surface area contributed by atoms with Gasteiger partial charge in [0.15, 0.2) is 0 Å². The lowest BCUT2D eigenvalue weighted by Gasteiger charge is -2.17. The van der Waals surface area contributed by atoms with Crippen LogP contribution in [0.15, 0.2) is 31.4 Å². The van der Waals surface area contributed by atoms with Gasteiger partial charge in [-0.05, 0) is 6.92 Å². The number of carbonyl (C=O) groups is 2. The summed E-state index contributed by atoms with van der Waals surface area (Å²) in [6, 6.07) is 0. The number of rotatable bonds is 8. The number of hydrogen-bond donors (Lipinski definition) is 1. The maximum absolute atomic E-state index is 11.1. The Morgan fingerprint density at radius 1 is 1.50 bits per heavy atom. The van der Waals surface area contributed by atoms with Gasteiger partial charge in [0.1, 0.15) is 25.5 Å². The molecule has 0 spiro atoms. The molecule has 0 fully saturated rings. The van der Waals surface area contributed by atoms with Crippen LogP contribution in [-0.2, 0) is 22.6 Å². The van der Waals surface area contributed by atoms with Crippen molar-refractivity contribution in [3.8, 4) is 0 Å². The molecule has 1 N–H and O–H groups in total. The number of esters is 1. The first-order valence-electron chi connectivity index (χ1n) is 6.38. The second-order valence-corrected chi connectivity index (χ2v) is 4.12. The van der Waals surface area contributed by atoms with Crippen LogP contribution in [0.25, 0.3) is 0 Å². The van der Waals surface area contributed by atoms with Crippen LogP contribution in [0.2, 0.25) is 0 Å². The van der Waals surface area contributed by atoms with Gasteiger partial charge >= 0.3 is 12.1 Å². The minimum Gasteiger partial charge on any atom is -0.465 e. The maximum atomic E-state index is 11.1. The zero-order valence-electron chi connectivity index (χ0n) is 11.6. The Hall–Kier alpha value is -2.31. The van der Waals surface area contributed by atoms with Crippen LogP contribution in [0.1, 0.15) is 6.92 Å². The van der Waals surface area contributed by atoms with E-state index in [2.05, 4.69) is 6.58 Å². The molecule has 20 heavy (non-hydrogen) atoms. The summed E-state index contributed by atoms with van der Waals surface area (Å²) in [7, 11) is 0. The van der Waals surface area contributed by atoms with Gasteiger partial charge in [0.25, 0.3) is 0 Å². The van der Waals surface area contributed by atoms with Crippen molar-refractivity contribution in [2.45, 2.75) is 20.0 Å². The zero-order chi connectivity index (χ0) is 15.0. The Morgan fingerprint density at radius 2 is 2.25 bits per heavy atom. The molecule has 0 atom stereocenters. The molecule has 7 heteroatoms. The Kier molecular flexibility index (Phi) is 6.28. The van der Waals surface area contributed by atoms with E-state index < -0.39 is 12.1 Å². The number of amides is 1. The van der Waals surface area contributed by atoms with E-state index >= 15 is 0 Å². The van der Waals surface area contributed by atoms with E-state index in [1.165, 1.54) is 4.90 Å². The fraction of sp³-hybridized carbons (Fsp3) is 0.462. The van der Waals surface area contributed by atoms with Crippen LogP contribution < -0.4 is 4.57 Å². The smallest absolute Gasteiger partial charge is 0.407 e. The van der Waals surface area contributed by atoms with E-state index in [1.807, 2.05) is 34.8 Å². The molecule has 7 nitrogen and oxygen atoms in total. The van der Waals surface area contributed by atoms with E-state index in [4.69, 9.17) is 9.84 Å². The standard InChI is InChI=1S/C13H19N3O4/c1-3-12(17)20-10-9-16(13(18)19)8-7-15-6-5-14(4-2)11-15/h3,5-6,11H,1,4,7-10H2,2H3/p+1. The number of hydrogen-bond acceptors (Lipinski definition) is 3. The third-order valence-corrected chi connectivity index (χ3v) is 2.78. The molecular weight excluding hydrogens is 262 g/mol. The fourth-order valence-electron chi connectivity index (χ4n) is 1.61. The molecule has 0 aliphatic heterocycles. The summed E-state index contributed by atoms with van der Waals surface area (Å²) in [4.78, 5) is 23.2. The van der Waals surface area contributed by atoms with Crippen molar-refractivity contribution in [1.29, 1.82) is 0 Å². The number of aromatic nitrogens is 2. The molecule has 1 amide bonds. The molecule has 0 saturated heterocycles. The van der Waals surface area contributed by atoms with Gasteiger partial charge in [-0.25, -0.2) is 18.7 Å². The highest BCUT2D eigenvalue weighted by Crippen LogP contribution is 1.92. The summed E-state index contributed by atoms with van der Waals surface area (Å²) in [5.41, 5.74) is 0. The Morgan fingerprint density at radius 3 is 2.80 bits per heavy atom. The fourth-order valence-corrected chi connectivity index (χ4v) is 1.61. The molecule has 110 valence electrons. The Labute approximate surface area is 117 Å². The topological polar surface area (TPSA) is 75.7 Å².